The maximum atomic E-state index is 5.72. The Morgan fingerprint density at radius 3 is 2.94 bits per heavy atom. The van der Waals surface area contributed by atoms with E-state index in [1.54, 1.807) is 6.08 Å². The van der Waals surface area contributed by atoms with Crippen molar-refractivity contribution in [2.24, 2.45) is 5.92 Å². The predicted octanol–water partition coefficient (Wildman–Crippen LogP) is 3.04. The second-order valence-electron chi connectivity index (χ2n) is 4.65. The molecule has 0 aliphatic heterocycles. The maximum absolute atomic E-state index is 5.72. The number of nitrogens with one attached hydrogen (secondary N) is 1. The van der Waals surface area contributed by atoms with Crippen LogP contribution in [0.15, 0.2) is 23.1 Å². The zero-order valence-electron chi connectivity index (χ0n) is 11.1. The highest BCUT2D eigenvalue weighted by Gasteiger charge is 2.07. The summed E-state index contributed by atoms with van der Waals surface area (Å²) in [7, 11) is 0. The smallest absolute Gasteiger partial charge is 0.130 e. The quantitative estimate of drug-likeness (QED) is 0.557. The summed E-state index contributed by atoms with van der Waals surface area (Å²) < 4.78 is 11.1. The summed E-state index contributed by atoms with van der Waals surface area (Å²) in [5.41, 5.74) is 1.18. The molecule has 0 unspecified atom stereocenters. The molecule has 0 aliphatic rings. The zero-order valence-corrected chi connectivity index (χ0v) is 11.1. The first-order chi connectivity index (χ1) is 8.13. The van der Waals surface area contributed by atoms with Crippen molar-refractivity contribution in [2.45, 2.75) is 33.9 Å². The van der Waals surface area contributed by atoms with Crippen molar-refractivity contribution in [3.8, 4) is 0 Å². The molecule has 0 aromatic carbocycles. The van der Waals surface area contributed by atoms with E-state index in [-0.39, 0.29) is 0 Å². The third-order valence-electron chi connectivity index (χ3n) is 2.39. The minimum absolute atomic E-state index is 0.511. The molecule has 0 amide bonds. The van der Waals surface area contributed by atoms with Crippen LogP contribution >= 0.6 is 0 Å². The fourth-order valence-corrected chi connectivity index (χ4v) is 1.55. The average molecular weight is 237 g/mol. The average Bonchev–Trinajstić information content (AvgIpc) is 2.60. The van der Waals surface area contributed by atoms with E-state index in [1.807, 2.05) is 6.07 Å². The third-order valence-corrected chi connectivity index (χ3v) is 2.39. The Bertz CT molecular complexity index is 342. The van der Waals surface area contributed by atoms with E-state index >= 15 is 0 Å². The topological polar surface area (TPSA) is 34.4 Å². The van der Waals surface area contributed by atoms with Gasteiger partial charge in [0.1, 0.15) is 18.1 Å². The second kappa shape index (κ2) is 7.30. The lowest BCUT2D eigenvalue weighted by atomic mass is 10.2. The summed E-state index contributed by atoms with van der Waals surface area (Å²) in [6.45, 7) is 12.9. The van der Waals surface area contributed by atoms with Crippen molar-refractivity contribution in [3.05, 3.63) is 35.8 Å². The summed E-state index contributed by atoms with van der Waals surface area (Å²) in [5.74, 6) is 2.54. The highest BCUT2D eigenvalue weighted by Crippen LogP contribution is 2.15. The van der Waals surface area contributed by atoms with Crippen molar-refractivity contribution >= 4 is 0 Å². The van der Waals surface area contributed by atoms with Gasteiger partial charge < -0.3 is 14.5 Å². The van der Waals surface area contributed by atoms with Crippen LogP contribution in [0.5, 0.6) is 0 Å². The standard InChI is InChI=1S/C14H23NO2/c1-5-6-16-10-13-7-12(4)14(17-13)9-15-8-11(2)3/h5,7,11,15H,1,6,8-10H2,2-4H3. The van der Waals surface area contributed by atoms with Gasteiger partial charge in [0.15, 0.2) is 0 Å². The molecule has 0 fully saturated rings. The first-order valence-corrected chi connectivity index (χ1v) is 6.11. The Balaban J connectivity index is 2.41. The van der Waals surface area contributed by atoms with E-state index in [9.17, 15) is 0 Å². The summed E-state index contributed by atoms with van der Waals surface area (Å²) in [5, 5.41) is 3.37. The molecule has 3 nitrogen and oxygen atoms in total. The number of aryl methyl sites for hydroxylation is 1. The fourth-order valence-electron chi connectivity index (χ4n) is 1.55. The molecule has 0 saturated heterocycles. The Hall–Kier alpha value is -1.06. The van der Waals surface area contributed by atoms with Crippen LogP contribution in [-0.2, 0) is 17.9 Å². The second-order valence-corrected chi connectivity index (χ2v) is 4.65. The van der Waals surface area contributed by atoms with Gasteiger partial charge in [0.05, 0.1) is 13.2 Å². The van der Waals surface area contributed by atoms with Gasteiger partial charge in [0.2, 0.25) is 0 Å². The van der Waals surface area contributed by atoms with Crippen LogP contribution in [0.2, 0.25) is 0 Å². The van der Waals surface area contributed by atoms with Crippen LogP contribution in [0.25, 0.3) is 0 Å². The number of rotatable bonds is 8. The lowest BCUT2D eigenvalue weighted by Crippen LogP contribution is -2.18. The number of hydrogen-bond donors (Lipinski definition) is 1. The maximum Gasteiger partial charge on any atom is 0.130 e. The Morgan fingerprint density at radius 2 is 2.29 bits per heavy atom. The highest BCUT2D eigenvalue weighted by atomic mass is 16.5. The van der Waals surface area contributed by atoms with E-state index in [0.29, 0.717) is 19.1 Å². The van der Waals surface area contributed by atoms with Crippen molar-refractivity contribution in [2.75, 3.05) is 13.2 Å². The first kappa shape index (κ1) is 14.0. The van der Waals surface area contributed by atoms with Crippen molar-refractivity contribution in [3.63, 3.8) is 0 Å². The van der Waals surface area contributed by atoms with Crippen LogP contribution in [0.4, 0.5) is 0 Å². The molecule has 1 rings (SSSR count). The van der Waals surface area contributed by atoms with E-state index in [1.165, 1.54) is 5.56 Å². The fraction of sp³-hybridized carbons (Fsp3) is 0.571. The van der Waals surface area contributed by atoms with Gasteiger partial charge in [0, 0.05) is 0 Å². The summed E-state index contributed by atoms with van der Waals surface area (Å²) in [6.07, 6.45) is 1.74. The zero-order chi connectivity index (χ0) is 12.7. The van der Waals surface area contributed by atoms with Crippen molar-refractivity contribution in [1.29, 1.82) is 0 Å². The van der Waals surface area contributed by atoms with Gasteiger partial charge in [-0.15, -0.1) is 6.58 Å². The number of hydrogen-bond acceptors (Lipinski definition) is 3. The van der Waals surface area contributed by atoms with Crippen molar-refractivity contribution in [1.82, 2.24) is 5.32 Å². The van der Waals surface area contributed by atoms with E-state index in [4.69, 9.17) is 9.15 Å². The van der Waals surface area contributed by atoms with Crippen LogP contribution in [0, 0.1) is 12.8 Å². The molecule has 96 valence electrons. The van der Waals surface area contributed by atoms with Gasteiger partial charge in [-0.1, -0.05) is 19.9 Å². The van der Waals surface area contributed by atoms with Gasteiger partial charge in [0.25, 0.3) is 0 Å². The highest BCUT2D eigenvalue weighted by molar-refractivity contribution is 5.19. The largest absolute Gasteiger partial charge is 0.462 e. The summed E-state index contributed by atoms with van der Waals surface area (Å²) in [6, 6.07) is 2.04. The van der Waals surface area contributed by atoms with Gasteiger partial charge >= 0.3 is 0 Å². The Morgan fingerprint density at radius 1 is 1.53 bits per heavy atom. The van der Waals surface area contributed by atoms with Gasteiger partial charge in [-0.3, -0.25) is 0 Å². The molecule has 0 spiro atoms. The summed E-state index contributed by atoms with van der Waals surface area (Å²) in [4.78, 5) is 0. The third kappa shape index (κ3) is 5.20. The van der Waals surface area contributed by atoms with E-state index < -0.39 is 0 Å². The minimum Gasteiger partial charge on any atom is -0.462 e. The SMILES string of the molecule is C=CCOCc1cc(C)c(CNCC(C)C)o1. The molecular formula is C14H23NO2. The summed E-state index contributed by atoms with van der Waals surface area (Å²) >= 11 is 0. The van der Waals surface area contributed by atoms with Crippen molar-refractivity contribution < 1.29 is 9.15 Å². The van der Waals surface area contributed by atoms with Crippen LogP contribution in [-0.4, -0.2) is 13.2 Å². The molecule has 17 heavy (non-hydrogen) atoms. The van der Waals surface area contributed by atoms with Crippen LogP contribution in [0.1, 0.15) is 30.9 Å². The predicted molar refractivity (Wildman–Crippen MR) is 69.8 cm³/mol. The molecule has 0 aliphatic carbocycles. The Kier molecular flexibility index (Phi) is 6.01. The lowest BCUT2D eigenvalue weighted by Gasteiger charge is -2.05. The van der Waals surface area contributed by atoms with Crippen LogP contribution in [0.3, 0.4) is 0 Å². The van der Waals surface area contributed by atoms with Crippen LogP contribution < -0.4 is 5.32 Å². The molecule has 1 aromatic rings. The molecule has 0 atom stereocenters. The molecule has 1 heterocycles. The minimum atomic E-state index is 0.511. The number of ether oxygens (including phenoxy) is 1. The van der Waals surface area contributed by atoms with Gasteiger partial charge in [-0.05, 0) is 31.0 Å². The van der Waals surface area contributed by atoms with Gasteiger partial charge in [-0.25, -0.2) is 0 Å². The van der Waals surface area contributed by atoms with Gasteiger partial charge in [-0.2, -0.15) is 0 Å². The van der Waals surface area contributed by atoms with E-state index in [2.05, 4.69) is 32.7 Å². The first-order valence-electron chi connectivity index (χ1n) is 6.11. The lowest BCUT2D eigenvalue weighted by molar-refractivity contribution is 0.130. The molecular weight excluding hydrogens is 214 g/mol. The molecule has 3 heteroatoms. The Labute approximate surface area is 104 Å². The normalized spacial score (nSPS) is 11.1. The molecule has 0 saturated carbocycles. The molecule has 1 aromatic heterocycles. The van der Waals surface area contributed by atoms with E-state index in [0.717, 1.165) is 24.6 Å². The molecule has 1 N–H and O–H groups in total. The molecule has 0 radical (unpaired) electrons. The number of furan rings is 1. The monoisotopic (exact) mass is 237 g/mol. The molecule has 0 bridgehead atoms.